The molecule has 0 aliphatic rings. The Labute approximate surface area is 198 Å². The van der Waals surface area contributed by atoms with E-state index in [1.165, 1.54) is 36.5 Å². The predicted octanol–water partition coefficient (Wildman–Crippen LogP) is 4.21. The van der Waals surface area contributed by atoms with Crippen molar-refractivity contribution in [1.29, 1.82) is 0 Å². The van der Waals surface area contributed by atoms with Gasteiger partial charge in [0.05, 0.1) is 23.4 Å². The highest BCUT2D eigenvalue weighted by molar-refractivity contribution is 7.92. The van der Waals surface area contributed by atoms with E-state index in [0.29, 0.717) is 18.1 Å². The van der Waals surface area contributed by atoms with Gasteiger partial charge in [-0.2, -0.15) is 5.10 Å². The molecular weight excluding hydrogens is 457 g/mol. The maximum atomic E-state index is 14.5. The highest BCUT2D eigenvalue weighted by Gasteiger charge is 2.28. The number of halogens is 1. The van der Waals surface area contributed by atoms with Crippen molar-refractivity contribution in [3.8, 4) is 5.75 Å². The Morgan fingerprint density at radius 2 is 1.68 bits per heavy atom. The molecule has 178 valence electrons. The van der Waals surface area contributed by atoms with Crippen molar-refractivity contribution in [1.82, 2.24) is 5.43 Å². The minimum atomic E-state index is -4.20. The van der Waals surface area contributed by atoms with Gasteiger partial charge in [-0.25, -0.2) is 18.2 Å². The molecular formula is C25H26FN3O4S. The predicted molar refractivity (Wildman–Crippen MR) is 130 cm³/mol. The number of carbonyl (C=O) groups is 1. The molecule has 0 spiro atoms. The Morgan fingerprint density at radius 1 is 1.03 bits per heavy atom. The summed E-state index contributed by atoms with van der Waals surface area (Å²) in [6, 6.07) is 20.0. The molecule has 3 rings (SSSR count). The van der Waals surface area contributed by atoms with E-state index >= 15 is 0 Å². The van der Waals surface area contributed by atoms with Gasteiger partial charge in [0, 0.05) is 0 Å². The number of ether oxygens (including phenoxy) is 1. The number of amides is 1. The SMILES string of the molecule is CC(C)COc1ccc(/C=N\NC(=O)CN(c2ccccc2F)S(=O)(=O)c2ccccc2)cc1. The Balaban J connectivity index is 1.72. The van der Waals surface area contributed by atoms with Crippen LogP contribution in [0.4, 0.5) is 10.1 Å². The largest absolute Gasteiger partial charge is 0.493 e. The number of carbonyl (C=O) groups excluding carboxylic acids is 1. The lowest BCUT2D eigenvalue weighted by molar-refractivity contribution is -0.119. The molecule has 0 heterocycles. The van der Waals surface area contributed by atoms with Gasteiger partial charge in [-0.3, -0.25) is 9.10 Å². The molecule has 34 heavy (non-hydrogen) atoms. The first-order chi connectivity index (χ1) is 16.3. The van der Waals surface area contributed by atoms with Crippen LogP contribution in [0.3, 0.4) is 0 Å². The second kappa shape index (κ2) is 11.4. The Morgan fingerprint density at radius 3 is 2.32 bits per heavy atom. The third-order valence-corrected chi connectivity index (χ3v) is 6.38. The first kappa shape index (κ1) is 24.9. The number of rotatable bonds is 10. The van der Waals surface area contributed by atoms with Gasteiger partial charge < -0.3 is 4.74 Å². The van der Waals surface area contributed by atoms with Crippen LogP contribution in [0.2, 0.25) is 0 Å². The van der Waals surface area contributed by atoms with Crippen LogP contribution < -0.4 is 14.5 Å². The molecule has 0 aliphatic heterocycles. The van der Waals surface area contributed by atoms with E-state index in [2.05, 4.69) is 24.4 Å². The van der Waals surface area contributed by atoms with Crippen LogP contribution in [0.15, 0.2) is 88.9 Å². The molecule has 0 aliphatic carbocycles. The zero-order valence-electron chi connectivity index (χ0n) is 18.9. The average molecular weight is 484 g/mol. The summed E-state index contributed by atoms with van der Waals surface area (Å²) in [6.45, 7) is 4.07. The third kappa shape index (κ3) is 6.64. The standard InChI is InChI=1S/C25H26FN3O4S/c1-19(2)18-33-21-14-12-20(13-15-21)16-27-28-25(30)17-29(24-11-7-6-10-23(24)26)34(31,32)22-8-4-3-5-9-22/h3-16,19H,17-18H2,1-2H3,(H,28,30)/b27-16-. The Hall–Kier alpha value is -3.72. The van der Waals surface area contributed by atoms with Crippen LogP contribution in [0, 0.1) is 11.7 Å². The summed E-state index contributed by atoms with van der Waals surface area (Å²) >= 11 is 0. The number of para-hydroxylation sites is 1. The summed E-state index contributed by atoms with van der Waals surface area (Å²) < 4.78 is 47.2. The topological polar surface area (TPSA) is 88.1 Å². The quantitative estimate of drug-likeness (QED) is 0.346. The van der Waals surface area contributed by atoms with Crippen LogP contribution in [0.25, 0.3) is 0 Å². The lowest BCUT2D eigenvalue weighted by Gasteiger charge is -2.24. The molecule has 0 unspecified atom stereocenters. The number of hydrogen-bond acceptors (Lipinski definition) is 5. The molecule has 3 aromatic rings. The van der Waals surface area contributed by atoms with Gasteiger partial charge in [-0.15, -0.1) is 0 Å². The molecule has 0 radical (unpaired) electrons. The van der Waals surface area contributed by atoms with E-state index in [9.17, 15) is 17.6 Å². The third-order valence-electron chi connectivity index (χ3n) is 4.61. The summed E-state index contributed by atoms with van der Waals surface area (Å²) in [5.41, 5.74) is 2.77. The van der Waals surface area contributed by atoms with E-state index in [1.807, 2.05) is 0 Å². The van der Waals surface area contributed by atoms with Gasteiger partial charge in [-0.1, -0.05) is 44.2 Å². The van der Waals surface area contributed by atoms with Crippen LogP contribution in [-0.4, -0.2) is 33.7 Å². The highest BCUT2D eigenvalue weighted by atomic mass is 32.2. The zero-order chi connectivity index (χ0) is 24.6. The molecule has 0 saturated heterocycles. The molecule has 1 amide bonds. The molecule has 0 atom stereocenters. The molecule has 9 heteroatoms. The Bertz CT molecular complexity index is 1230. The first-order valence-corrected chi connectivity index (χ1v) is 12.1. The number of hydrogen-bond donors (Lipinski definition) is 1. The fourth-order valence-corrected chi connectivity index (χ4v) is 4.38. The van der Waals surface area contributed by atoms with Crippen molar-refractivity contribution in [2.24, 2.45) is 11.0 Å². The van der Waals surface area contributed by atoms with E-state index < -0.39 is 28.3 Å². The maximum absolute atomic E-state index is 14.5. The van der Waals surface area contributed by atoms with Crippen LogP contribution in [0.5, 0.6) is 5.75 Å². The summed E-state index contributed by atoms with van der Waals surface area (Å²) in [7, 11) is -4.20. The number of benzene rings is 3. The first-order valence-electron chi connectivity index (χ1n) is 10.6. The molecule has 0 bridgehead atoms. The molecule has 0 aromatic heterocycles. The molecule has 0 fully saturated rings. The van der Waals surface area contributed by atoms with Gasteiger partial charge in [-0.05, 0) is 60.0 Å². The van der Waals surface area contributed by atoms with Crippen LogP contribution >= 0.6 is 0 Å². The van der Waals surface area contributed by atoms with Crippen molar-refractivity contribution >= 4 is 27.8 Å². The number of nitrogens with one attached hydrogen (secondary N) is 1. The lowest BCUT2D eigenvalue weighted by Crippen LogP contribution is -2.40. The summed E-state index contributed by atoms with van der Waals surface area (Å²) in [6.07, 6.45) is 1.42. The summed E-state index contributed by atoms with van der Waals surface area (Å²) in [5.74, 6) is -0.360. The Kier molecular flexibility index (Phi) is 8.37. The minimum Gasteiger partial charge on any atom is -0.493 e. The average Bonchev–Trinajstić information content (AvgIpc) is 2.83. The zero-order valence-corrected chi connectivity index (χ0v) is 19.7. The van der Waals surface area contributed by atoms with E-state index in [0.717, 1.165) is 16.1 Å². The second-order valence-electron chi connectivity index (χ2n) is 7.84. The number of sulfonamides is 1. The lowest BCUT2D eigenvalue weighted by atomic mass is 10.2. The summed E-state index contributed by atoms with van der Waals surface area (Å²) in [5, 5.41) is 3.89. The number of hydrazone groups is 1. The van der Waals surface area contributed by atoms with Gasteiger partial charge >= 0.3 is 0 Å². The molecule has 7 nitrogen and oxygen atoms in total. The van der Waals surface area contributed by atoms with Crippen LogP contribution in [0.1, 0.15) is 19.4 Å². The second-order valence-corrected chi connectivity index (χ2v) is 9.71. The maximum Gasteiger partial charge on any atom is 0.264 e. The van der Waals surface area contributed by atoms with Gasteiger partial charge in [0.1, 0.15) is 18.1 Å². The van der Waals surface area contributed by atoms with Crippen molar-refractivity contribution in [2.45, 2.75) is 18.7 Å². The number of nitrogens with zero attached hydrogens (tertiary/aromatic N) is 2. The van der Waals surface area contributed by atoms with E-state index in [4.69, 9.17) is 4.74 Å². The smallest absolute Gasteiger partial charge is 0.264 e. The van der Waals surface area contributed by atoms with E-state index in [1.54, 1.807) is 42.5 Å². The minimum absolute atomic E-state index is 0.0608. The molecule has 3 aromatic carbocycles. The van der Waals surface area contributed by atoms with Gasteiger partial charge in [0.25, 0.3) is 15.9 Å². The molecule has 0 saturated carbocycles. The van der Waals surface area contributed by atoms with Gasteiger partial charge in [0.15, 0.2) is 0 Å². The van der Waals surface area contributed by atoms with E-state index in [-0.39, 0.29) is 10.6 Å². The van der Waals surface area contributed by atoms with Crippen molar-refractivity contribution in [2.75, 3.05) is 17.5 Å². The molecule has 1 N–H and O–H groups in total. The highest BCUT2D eigenvalue weighted by Crippen LogP contribution is 2.25. The van der Waals surface area contributed by atoms with Crippen molar-refractivity contribution in [3.63, 3.8) is 0 Å². The van der Waals surface area contributed by atoms with Crippen LogP contribution in [-0.2, 0) is 14.8 Å². The summed E-state index contributed by atoms with van der Waals surface area (Å²) in [4.78, 5) is 12.5. The van der Waals surface area contributed by atoms with Gasteiger partial charge in [0.2, 0.25) is 0 Å². The normalized spacial score (nSPS) is 11.5. The fraction of sp³-hybridized carbons (Fsp3) is 0.200. The van der Waals surface area contributed by atoms with Crippen molar-refractivity contribution in [3.05, 3.63) is 90.2 Å². The van der Waals surface area contributed by atoms with Crippen molar-refractivity contribution < 1.29 is 22.3 Å². The fourth-order valence-electron chi connectivity index (χ4n) is 2.93. The number of anilines is 1. The monoisotopic (exact) mass is 483 g/mol.